The number of benzene rings is 1. The smallest absolute Gasteiger partial charge is 0.283 e. The molecule has 1 rings (SSSR count). The molecule has 1 amide bonds. The van der Waals surface area contributed by atoms with Crippen LogP contribution in [0.3, 0.4) is 0 Å². The highest BCUT2D eigenvalue weighted by molar-refractivity contribution is 7.99. The lowest BCUT2D eigenvalue weighted by atomic mass is 10.2. The van der Waals surface area contributed by atoms with Crippen LogP contribution >= 0.6 is 11.8 Å². The monoisotopic (exact) mass is 339 g/mol. The number of carbonyl (C=O) groups is 1. The summed E-state index contributed by atoms with van der Waals surface area (Å²) < 4.78 is 0. The molecule has 0 radical (unpaired) electrons. The maximum atomic E-state index is 12.0. The van der Waals surface area contributed by atoms with Gasteiger partial charge in [-0.1, -0.05) is 13.8 Å². The van der Waals surface area contributed by atoms with Crippen molar-refractivity contribution in [2.24, 2.45) is 11.7 Å². The SMILES string of the molecule is CC(C)CCSc1ccc(C(=O)NCCCCN)cc1[N+](=O)[O-]. The van der Waals surface area contributed by atoms with E-state index in [-0.39, 0.29) is 11.6 Å². The number of nitro benzene ring substituents is 1. The zero-order valence-corrected chi connectivity index (χ0v) is 14.5. The minimum absolute atomic E-state index is 0.00614. The predicted octanol–water partition coefficient (Wildman–Crippen LogP) is 3.20. The number of rotatable bonds is 10. The van der Waals surface area contributed by atoms with Crippen LogP contribution in [0, 0.1) is 16.0 Å². The molecule has 6 nitrogen and oxygen atoms in total. The molecule has 0 unspecified atom stereocenters. The van der Waals surface area contributed by atoms with E-state index in [1.54, 1.807) is 12.1 Å². The van der Waals surface area contributed by atoms with Crippen molar-refractivity contribution >= 4 is 23.4 Å². The molecule has 0 fully saturated rings. The molecule has 0 aliphatic rings. The van der Waals surface area contributed by atoms with Crippen LogP contribution in [0.4, 0.5) is 5.69 Å². The Bertz CT molecular complexity index is 535. The molecule has 0 bridgehead atoms. The normalized spacial score (nSPS) is 10.8. The summed E-state index contributed by atoms with van der Waals surface area (Å²) >= 11 is 1.46. The highest BCUT2D eigenvalue weighted by Crippen LogP contribution is 2.31. The zero-order chi connectivity index (χ0) is 17.2. The molecule has 0 spiro atoms. The second-order valence-electron chi connectivity index (χ2n) is 5.72. The van der Waals surface area contributed by atoms with E-state index < -0.39 is 4.92 Å². The van der Waals surface area contributed by atoms with Crippen molar-refractivity contribution in [3.63, 3.8) is 0 Å². The van der Waals surface area contributed by atoms with Gasteiger partial charge in [-0.2, -0.15) is 0 Å². The Morgan fingerprint density at radius 3 is 2.74 bits per heavy atom. The lowest BCUT2D eigenvalue weighted by molar-refractivity contribution is -0.387. The summed E-state index contributed by atoms with van der Waals surface area (Å²) in [5, 5.41) is 14.0. The number of carbonyl (C=O) groups excluding carboxylic acids is 1. The van der Waals surface area contributed by atoms with Crippen molar-refractivity contribution in [3.05, 3.63) is 33.9 Å². The molecule has 0 saturated heterocycles. The number of nitro groups is 1. The Morgan fingerprint density at radius 1 is 1.39 bits per heavy atom. The first-order chi connectivity index (χ1) is 11.0. The molecular weight excluding hydrogens is 314 g/mol. The van der Waals surface area contributed by atoms with E-state index >= 15 is 0 Å². The third-order valence-corrected chi connectivity index (χ3v) is 4.38. The molecule has 0 atom stereocenters. The number of nitrogens with two attached hydrogens (primary N) is 1. The fourth-order valence-electron chi connectivity index (χ4n) is 1.90. The fourth-order valence-corrected chi connectivity index (χ4v) is 3.16. The molecule has 128 valence electrons. The maximum absolute atomic E-state index is 12.0. The van der Waals surface area contributed by atoms with Gasteiger partial charge >= 0.3 is 0 Å². The van der Waals surface area contributed by atoms with Crippen LogP contribution in [-0.2, 0) is 0 Å². The van der Waals surface area contributed by atoms with Crippen LogP contribution < -0.4 is 11.1 Å². The van der Waals surface area contributed by atoms with E-state index in [9.17, 15) is 14.9 Å². The van der Waals surface area contributed by atoms with Gasteiger partial charge in [-0.15, -0.1) is 11.8 Å². The second kappa shape index (κ2) is 10.2. The van der Waals surface area contributed by atoms with Crippen LogP contribution in [0.25, 0.3) is 0 Å². The van der Waals surface area contributed by atoms with Gasteiger partial charge < -0.3 is 11.1 Å². The molecule has 3 N–H and O–H groups in total. The zero-order valence-electron chi connectivity index (χ0n) is 13.7. The summed E-state index contributed by atoms with van der Waals surface area (Å²) in [6.45, 7) is 5.35. The third kappa shape index (κ3) is 7.00. The Labute approximate surface area is 141 Å². The molecule has 7 heteroatoms. The van der Waals surface area contributed by atoms with Crippen LogP contribution in [-0.4, -0.2) is 29.7 Å². The van der Waals surface area contributed by atoms with Gasteiger partial charge in [-0.25, -0.2) is 0 Å². The van der Waals surface area contributed by atoms with Gasteiger partial charge in [0.25, 0.3) is 11.6 Å². The standard InChI is InChI=1S/C16H25N3O3S/c1-12(2)7-10-23-15-6-5-13(11-14(15)19(21)22)16(20)18-9-4-3-8-17/h5-6,11-12H,3-4,7-10,17H2,1-2H3,(H,18,20). The maximum Gasteiger partial charge on any atom is 0.283 e. The van der Waals surface area contributed by atoms with E-state index in [0.717, 1.165) is 25.0 Å². The van der Waals surface area contributed by atoms with Crippen LogP contribution in [0.1, 0.15) is 43.5 Å². The van der Waals surface area contributed by atoms with Gasteiger partial charge in [-0.05, 0) is 49.6 Å². The number of hydrogen-bond acceptors (Lipinski definition) is 5. The Morgan fingerprint density at radius 2 is 2.13 bits per heavy atom. The van der Waals surface area contributed by atoms with Gasteiger partial charge in [0.1, 0.15) is 0 Å². The van der Waals surface area contributed by atoms with Crippen molar-refractivity contribution in [3.8, 4) is 0 Å². The quantitative estimate of drug-likeness (QED) is 0.295. The first-order valence-electron chi connectivity index (χ1n) is 7.85. The molecule has 1 aromatic carbocycles. The number of hydrogen-bond donors (Lipinski definition) is 2. The summed E-state index contributed by atoms with van der Waals surface area (Å²) in [6, 6.07) is 4.66. The van der Waals surface area contributed by atoms with E-state index in [0.29, 0.717) is 29.5 Å². The van der Waals surface area contributed by atoms with Crippen LogP contribution in [0.5, 0.6) is 0 Å². The van der Waals surface area contributed by atoms with E-state index in [2.05, 4.69) is 19.2 Å². The summed E-state index contributed by atoms with van der Waals surface area (Å²) in [6.07, 6.45) is 2.63. The lowest BCUT2D eigenvalue weighted by Crippen LogP contribution is -2.25. The van der Waals surface area contributed by atoms with Crippen molar-refractivity contribution in [1.29, 1.82) is 0 Å². The Balaban J connectivity index is 2.74. The predicted molar refractivity (Wildman–Crippen MR) is 93.9 cm³/mol. The van der Waals surface area contributed by atoms with Gasteiger partial charge in [-0.3, -0.25) is 14.9 Å². The number of nitrogens with zero attached hydrogens (tertiary/aromatic N) is 1. The highest BCUT2D eigenvalue weighted by atomic mass is 32.2. The van der Waals surface area contributed by atoms with Crippen molar-refractivity contribution in [2.45, 2.75) is 38.0 Å². The lowest BCUT2D eigenvalue weighted by Gasteiger charge is -2.08. The van der Waals surface area contributed by atoms with E-state index in [1.165, 1.54) is 17.8 Å². The van der Waals surface area contributed by atoms with Crippen LogP contribution in [0.15, 0.2) is 23.1 Å². The Kier molecular flexibility index (Phi) is 8.65. The molecule has 1 aromatic rings. The van der Waals surface area contributed by atoms with Gasteiger partial charge in [0, 0.05) is 18.2 Å². The van der Waals surface area contributed by atoms with Crippen molar-refractivity contribution < 1.29 is 9.72 Å². The largest absolute Gasteiger partial charge is 0.352 e. The average Bonchev–Trinajstić information content (AvgIpc) is 2.51. The number of nitrogens with one attached hydrogen (secondary N) is 1. The summed E-state index contributed by atoms with van der Waals surface area (Å²) in [7, 11) is 0. The molecule has 0 heterocycles. The Hall–Kier alpha value is -1.60. The fraction of sp³-hybridized carbons (Fsp3) is 0.562. The van der Waals surface area contributed by atoms with Gasteiger partial charge in [0.05, 0.1) is 9.82 Å². The summed E-state index contributed by atoms with van der Waals surface area (Å²) in [4.78, 5) is 23.4. The van der Waals surface area contributed by atoms with Crippen LogP contribution in [0.2, 0.25) is 0 Å². The summed E-state index contributed by atoms with van der Waals surface area (Å²) in [5.41, 5.74) is 5.71. The second-order valence-corrected chi connectivity index (χ2v) is 6.86. The number of amides is 1. The molecule has 0 aliphatic heterocycles. The van der Waals surface area contributed by atoms with Crippen molar-refractivity contribution in [1.82, 2.24) is 5.32 Å². The minimum Gasteiger partial charge on any atom is -0.352 e. The number of thioether (sulfide) groups is 1. The van der Waals surface area contributed by atoms with Gasteiger partial charge in [0.15, 0.2) is 0 Å². The third-order valence-electron chi connectivity index (χ3n) is 3.29. The summed E-state index contributed by atoms with van der Waals surface area (Å²) in [5.74, 6) is 1.09. The number of unbranched alkanes of at least 4 members (excludes halogenated alkanes) is 1. The van der Waals surface area contributed by atoms with Crippen molar-refractivity contribution in [2.75, 3.05) is 18.8 Å². The van der Waals surface area contributed by atoms with E-state index in [4.69, 9.17) is 5.73 Å². The first-order valence-corrected chi connectivity index (χ1v) is 8.83. The average molecular weight is 339 g/mol. The molecule has 0 aromatic heterocycles. The topological polar surface area (TPSA) is 98.3 Å². The molecular formula is C16H25N3O3S. The molecule has 0 aliphatic carbocycles. The van der Waals surface area contributed by atoms with E-state index in [1.807, 2.05) is 0 Å². The van der Waals surface area contributed by atoms with Gasteiger partial charge in [0.2, 0.25) is 0 Å². The minimum atomic E-state index is -0.428. The highest BCUT2D eigenvalue weighted by Gasteiger charge is 2.17. The molecule has 0 saturated carbocycles. The molecule has 23 heavy (non-hydrogen) atoms. The first kappa shape index (κ1) is 19.4.